The van der Waals surface area contributed by atoms with Gasteiger partial charge in [0.15, 0.2) is 0 Å². The summed E-state index contributed by atoms with van der Waals surface area (Å²) < 4.78 is 7.86. The second-order valence-corrected chi connectivity index (χ2v) is 5.91. The molecule has 1 aromatic rings. The molecule has 2 unspecified atom stereocenters. The van der Waals surface area contributed by atoms with E-state index in [-0.39, 0.29) is 0 Å². The van der Waals surface area contributed by atoms with Crippen molar-refractivity contribution in [3.8, 4) is 0 Å². The second-order valence-electron chi connectivity index (χ2n) is 5.91. The second kappa shape index (κ2) is 7.23. The largest absolute Gasteiger partial charge is 0.378 e. The molecule has 0 spiro atoms. The Morgan fingerprint density at radius 1 is 1.45 bits per heavy atom. The Kier molecular flexibility index (Phi) is 5.61. The van der Waals surface area contributed by atoms with Crippen molar-refractivity contribution in [1.82, 2.24) is 15.1 Å². The van der Waals surface area contributed by atoms with Crippen LogP contribution in [0.1, 0.15) is 62.5 Å². The van der Waals surface area contributed by atoms with Gasteiger partial charge in [0, 0.05) is 30.5 Å². The van der Waals surface area contributed by atoms with Gasteiger partial charge in [0.05, 0.1) is 11.8 Å². The number of aromatic nitrogens is 2. The Labute approximate surface area is 122 Å². The number of hydrogen-bond acceptors (Lipinski definition) is 3. The fourth-order valence-corrected chi connectivity index (χ4v) is 3.16. The summed E-state index contributed by atoms with van der Waals surface area (Å²) >= 11 is 0. The number of rotatable bonds is 7. The molecule has 0 aromatic carbocycles. The fraction of sp³-hybridized carbons (Fsp3) is 0.812. The zero-order chi connectivity index (χ0) is 14.5. The Hall–Kier alpha value is -0.870. The molecular formula is C16H29N3O. The van der Waals surface area contributed by atoms with Gasteiger partial charge in [-0.25, -0.2) is 0 Å². The maximum atomic E-state index is 5.70. The lowest BCUT2D eigenvalue weighted by molar-refractivity contribution is 0.0992. The summed E-state index contributed by atoms with van der Waals surface area (Å²) in [4.78, 5) is 0. The van der Waals surface area contributed by atoms with Gasteiger partial charge in [0.25, 0.3) is 0 Å². The van der Waals surface area contributed by atoms with Crippen LogP contribution in [0.5, 0.6) is 0 Å². The monoisotopic (exact) mass is 279 g/mol. The predicted molar refractivity (Wildman–Crippen MR) is 82.0 cm³/mol. The minimum atomic E-state index is 0.381. The lowest BCUT2D eigenvalue weighted by atomic mass is 10.1. The molecule has 20 heavy (non-hydrogen) atoms. The van der Waals surface area contributed by atoms with Gasteiger partial charge in [-0.3, -0.25) is 4.68 Å². The normalized spacial score (nSPS) is 20.5. The maximum Gasteiger partial charge on any atom is 0.0644 e. The van der Waals surface area contributed by atoms with Crippen molar-refractivity contribution in [3.63, 3.8) is 0 Å². The molecule has 2 rings (SSSR count). The van der Waals surface area contributed by atoms with Gasteiger partial charge in [0.1, 0.15) is 0 Å². The van der Waals surface area contributed by atoms with Crippen molar-refractivity contribution in [1.29, 1.82) is 0 Å². The molecule has 0 aliphatic carbocycles. The van der Waals surface area contributed by atoms with Gasteiger partial charge in [-0.2, -0.15) is 5.10 Å². The Bertz CT molecular complexity index is 422. The molecule has 1 saturated heterocycles. The summed E-state index contributed by atoms with van der Waals surface area (Å²) in [6.07, 6.45) is 5.11. The van der Waals surface area contributed by atoms with Crippen LogP contribution in [0.15, 0.2) is 0 Å². The van der Waals surface area contributed by atoms with E-state index in [1.165, 1.54) is 24.1 Å². The minimum absolute atomic E-state index is 0.381. The van der Waals surface area contributed by atoms with Crippen LogP contribution in [0, 0.1) is 13.8 Å². The van der Waals surface area contributed by atoms with E-state index in [0.29, 0.717) is 12.1 Å². The molecular weight excluding hydrogens is 250 g/mol. The average molecular weight is 279 g/mol. The molecule has 1 N–H and O–H groups in total. The third-order valence-corrected chi connectivity index (χ3v) is 4.26. The highest BCUT2D eigenvalue weighted by Gasteiger charge is 2.19. The van der Waals surface area contributed by atoms with Crippen molar-refractivity contribution in [2.24, 2.45) is 0 Å². The van der Waals surface area contributed by atoms with E-state index >= 15 is 0 Å². The fourth-order valence-electron chi connectivity index (χ4n) is 3.16. The first kappa shape index (κ1) is 15.5. The van der Waals surface area contributed by atoms with E-state index in [4.69, 9.17) is 9.84 Å². The zero-order valence-electron chi connectivity index (χ0n) is 13.4. The molecule has 4 heteroatoms. The van der Waals surface area contributed by atoms with Crippen molar-refractivity contribution in [3.05, 3.63) is 17.0 Å². The highest BCUT2D eigenvalue weighted by molar-refractivity contribution is 5.27. The summed E-state index contributed by atoms with van der Waals surface area (Å²) in [6, 6.07) is 0.381. The van der Waals surface area contributed by atoms with E-state index in [1.807, 2.05) is 0 Å². The molecule has 0 amide bonds. The Morgan fingerprint density at radius 3 is 2.90 bits per heavy atom. The van der Waals surface area contributed by atoms with E-state index < -0.39 is 0 Å². The number of nitrogens with zero attached hydrogens (tertiary/aromatic N) is 2. The van der Waals surface area contributed by atoms with Gasteiger partial charge in [0.2, 0.25) is 0 Å². The van der Waals surface area contributed by atoms with Gasteiger partial charge in [-0.1, -0.05) is 6.92 Å². The summed E-state index contributed by atoms with van der Waals surface area (Å²) in [5, 5.41) is 8.28. The zero-order valence-corrected chi connectivity index (χ0v) is 13.4. The molecule has 0 saturated carbocycles. The molecule has 2 atom stereocenters. The van der Waals surface area contributed by atoms with E-state index in [0.717, 1.165) is 38.2 Å². The van der Waals surface area contributed by atoms with Crippen LogP contribution in [0.3, 0.4) is 0 Å². The Balaban J connectivity index is 1.99. The van der Waals surface area contributed by atoms with Gasteiger partial charge in [-0.15, -0.1) is 0 Å². The quantitative estimate of drug-likeness (QED) is 0.833. The van der Waals surface area contributed by atoms with Crippen LogP contribution in [-0.4, -0.2) is 29.0 Å². The van der Waals surface area contributed by atoms with E-state index in [1.54, 1.807) is 0 Å². The number of nitrogens with one attached hydrogen (secondary N) is 1. The minimum Gasteiger partial charge on any atom is -0.378 e. The Morgan fingerprint density at radius 2 is 2.25 bits per heavy atom. The molecule has 1 aliphatic heterocycles. The average Bonchev–Trinajstić information content (AvgIpc) is 3.02. The van der Waals surface area contributed by atoms with Crippen LogP contribution < -0.4 is 5.32 Å². The van der Waals surface area contributed by atoms with Gasteiger partial charge < -0.3 is 10.1 Å². The summed E-state index contributed by atoms with van der Waals surface area (Å²) in [6.45, 7) is 11.7. The number of hydrogen-bond donors (Lipinski definition) is 1. The van der Waals surface area contributed by atoms with E-state index in [9.17, 15) is 0 Å². The first-order valence-electron chi connectivity index (χ1n) is 8.02. The van der Waals surface area contributed by atoms with Crippen LogP contribution in [0.2, 0.25) is 0 Å². The summed E-state index contributed by atoms with van der Waals surface area (Å²) in [7, 11) is 0. The highest BCUT2D eigenvalue weighted by Crippen LogP contribution is 2.23. The lowest BCUT2D eigenvalue weighted by Crippen LogP contribution is -2.20. The molecule has 114 valence electrons. The standard InChI is InChI=1S/C16H29N3O/c1-5-9-17-12(2)16-13(3)18-19(14(16)4)10-8-15-7-6-11-20-15/h12,15,17H,5-11H2,1-4H3. The van der Waals surface area contributed by atoms with Crippen LogP contribution in [-0.2, 0) is 11.3 Å². The molecule has 0 radical (unpaired) electrons. The van der Waals surface area contributed by atoms with Gasteiger partial charge >= 0.3 is 0 Å². The first-order valence-corrected chi connectivity index (χ1v) is 8.02. The SMILES string of the molecule is CCCNC(C)c1c(C)nn(CCC2CCCO2)c1C. The molecule has 1 fully saturated rings. The van der Waals surface area contributed by atoms with Crippen molar-refractivity contribution < 1.29 is 4.74 Å². The maximum absolute atomic E-state index is 5.70. The number of ether oxygens (including phenoxy) is 1. The molecule has 4 nitrogen and oxygen atoms in total. The van der Waals surface area contributed by atoms with E-state index in [2.05, 4.69) is 37.7 Å². The smallest absolute Gasteiger partial charge is 0.0644 e. The van der Waals surface area contributed by atoms with Crippen molar-refractivity contribution >= 4 is 0 Å². The van der Waals surface area contributed by atoms with Crippen molar-refractivity contribution in [2.75, 3.05) is 13.2 Å². The number of aryl methyl sites for hydroxylation is 2. The molecule has 1 aliphatic rings. The topological polar surface area (TPSA) is 39.1 Å². The molecule has 0 bridgehead atoms. The van der Waals surface area contributed by atoms with Crippen LogP contribution in [0.25, 0.3) is 0 Å². The van der Waals surface area contributed by atoms with Crippen LogP contribution >= 0.6 is 0 Å². The summed E-state index contributed by atoms with van der Waals surface area (Å²) in [5.41, 5.74) is 3.83. The molecule has 1 aromatic heterocycles. The third-order valence-electron chi connectivity index (χ3n) is 4.26. The van der Waals surface area contributed by atoms with Gasteiger partial charge in [-0.05, 0) is 53.0 Å². The third kappa shape index (κ3) is 3.61. The predicted octanol–water partition coefficient (Wildman–Crippen LogP) is 3.13. The lowest BCUT2D eigenvalue weighted by Gasteiger charge is -2.15. The molecule has 2 heterocycles. The van der Waals surface area contributed by atoms with Crippen molar-refractivity contribution in [2.45, 2.75) is 72.1 Å². The summed E-state index contributed by atoms with van der Waals surface area (Å²) in [5.74, 6) is 0. The van der Waals surface area contributed by atoms with Crippen LogP contribution in [0.4, 0.5) is 0 Å². The highest BCUT2D eigenvalue weighted by atomic mass is 16.5. The first-order chi connectivity index (χ1) is 9.63.